The number of para-hydroxylation sites is 2. The Morgan fingerprint density at radius 2 is 1.65 bits per heavy atom. The first-order valence-electron chi connectivity index (χ1n) is 13.7. The Labute approximate surface area is 242 Å². The normalized spacial score (nSPS) is 12.9. The lowest BCUT2D eigenvalue weighted by Gasteiger charge is -2.27. The predicted molar refractivity (Wildman–Crippen MR) is 158 cm³/mol. The summed E-state index contributed by atoms with van der Waals surface area (Å²) < 4.78 is 21.1. The summed E-state index contributed by atoms with van der Waals surface area (Å²) in [6, 6.07) is 13.3. The molecular formula is C30H40ClN3O6. The van der Waals surface area contributed by atoms with Crippen molar-refractivity contribution in [2.45, 2.75) is 19.8 Å². The third-order valence-corrected chi connectivity index (χ3v) is 6.48. The summed E-state index contributed by atoms with van der Waals surface area (Å²) in [4.78, 5) is 29.1. The van der Waals surface area contributed by atoms with E-state index < -0.39 is 0 Å². The molecule has 2 aromatic carbocycles. The molecule has 1 aliphatic rings. The number of unbranched alkanes of at least 4 members (excludes halogenated alkanes) is 1. The van der Waals surface area contributed by atoms with E-state index in [0.717, 1.165) is 36.4 Å². The van der Waals surface area contributed by atoms with E-state index in [1.54, 1.807) is 37.1 Å². The molecule has 0 bridgehead atoms. The molecule has 0 saturated heterocycles. The summed E-state index contributed by atoms with van der Waals surface area (Å²) in [5, 5.41) is 3.89. The van der Waals surface area contributed by atoms with Crippen molar-refractivity contribution < 1.29 is 28.5 Å². The number of carbonyl (C=O) groups is 2. The molecule has 3 rings (SSSR count). The molecule has 0 fully saturated rings. The van der Waals surface area contributed by atoms with E-state index in [0.29, 0.717) is 69.9 Å². The van der Waals surface area contributed by atoms with Crippen LogP contribution < -0.4 is 15.1 Å². The molecule has 0 unspecified atom stereocenters. The molecule has 10 heteroatoms. The second-order valence-corrected chi connectivity index (χ2v) is 9.48. The highest BCUT2D eigenvalue weighted by Crippen LogP contribution is 2.41. The average molecular weight is 574 g/mol. The summed E-state index contributed by atoms with van der Waals surface area (Å²) in [7, 11) is 1.64. The van der Waals surface area contributed by atoms with E-state index in [-0.39, 0.29) is 11.9 Å². The van der Waals surface area contributed by atoms with Gasteiger partial charge >= 0.3 is 5.97 Å². The quantitative estimate of drug-likeness (QED) is 0.157. The van der Waals surface area contributed by atoms with Crippen molar-refractivity contribution in [3.05, 3.63) is 65.2 Å². The fourth-order valence-corrected chi connectivity index (χ4v) is 4.51. The maximum absolute atomic E-state index is 13.8. The lowest BCUT2D eigenvalue weighted by Crippen LogP contribution is -2.33. The second-order valence-electron chi connectivity index (χ2n) is 9.04. The van der Waals surface area contributed by atoms with Gasteiger partial charge in [0.1, 0.15) is 0 Å². The summed E-state index contributed by atoms with van der Waals surface area (Å²) in [6.07, 6.45) is 5.00. The molecule has 218 valence electrons. The van der Waals surface area contributed by atoms with Crippen molar-refractivity contribution in [1.82, 2.24) is 5.32 Å². The van der Waals surface area contributed by atoms with E-state index in [1.165, 1.54) is 6.08 Å². The molecule has 0 saturated carbocycles. The van der Waals surface area contributed by atoms with Crippen molar-refractivity contribution in [2.75, 3.05) is 82.7 Å². The van der Waals surface area contributed by atoms with E-state index in [1.807, 2.05) is 30.3 Å². The zero-order valence-electron chi connectivity index (χ0n) is 23.4. The molecule has 1 aliphatic heterocycles. The number of methoxy groups -OCH3 is 1. The lowest BCUT2D eigenvalue weighted by molar-refractivity contribution is -0.137. The van der Waals surface area contributed by atoms with Gasteiger partial charge in [0.05, 0.1) is 62.3 Å². The third kappa shape index (κ3) is 9.60. The van der Waals surface area contributed by atoms with Crippen LogP contribution in [0.5, 0.6) is 0 Å². The van der Waals surface area contributed by atoms with Crippen LogP contribution in [0.3, 0.4) is 0 Å². The average Bonchev–Trinajstić information content (AvgIpc) is 3.04. The highest BCUT2D eigenvalue weighted by atomic mass is 35.5. The van der Waals surface area contributed by atoms with E-state index in [9.17, 15) is 9.59 Å². The smallest absolute Gasteiger partial charge is 0.330 e. The van der Waals surface area contributed by atoms with Crippen molar-refractivity contribution in [3.63, 3.8) is 0 Å². The zero-order chi connectivity index (χ0) is 28.6. The molecule has 0 radical (unpaired) electrons. The molecule has 1 heterocycles. The van der Waals surface area contributed by atoms with E-state index >= 15 is 0 Å². The van der Waals surface area contributed by atoms with Crippen molar-refractivity contribution in [1.29, 1.82) is 0 Å². The maximum Gasteiger partial charge on any atom is 0.330 e. The van der Waals surface area contributed by atoms with Gasteiger partial charge in [0, 0.05) is 37.8 Å². The predicted octanol–water partition coefficient (Wildman–Crippen LogP) is 4.61. The number of halogens is 1. The summed E-state index contributed by atoms with van der Waals surface area (Å²) in [5.74, 6) is -0.416. The van der Waals surface area contributed by atoms with Crippen LogP contribution in [-0.4, -0.2) is 84.8 Å². The molecule has 9 nitrogen and oxygen atoms in total. The van der Waals surface area contributed by atoms with Crippen molar-refractivity contribution in [2.24, 2.45) is 0 Å². The largest absolute Gasteiger partial charge is 0.463 e. The monoisotopic (exact) mass is 573 g/mol. The van der Waals surface area contributed by atoms with E-state index in [4.69, 9.17) is 30.5 Å². The Morgan fingerprint density at radius 1 is 0.925 bits per heavy atom. The van der Waals surface area contributed by atoms with Crippen LogP contribution in [0.2, 0.25) is 5.02 Å². The SMILES string of the molecule is CCOC(=O)/C=C/CNCCCCN1c2cc(Cl)ccc2C(=O)N(CCOCCOCCOC)c2ccccc21. The Bertz CT molecular complexity index is 1110. The summed E-state index contributed by atoms with van der Waals surface area (Å²) >= 11 is 6.40. The number of amides is 1. The first-order valence-corrected chi connectivity index (χ1v) is 14.1. The fraction of sp³-hybridized carbons (Fsp3) is 0.467. The van der Waals surface area contributed by atoms with Gasteiger partial charge in [-0.3, -0.25) is 4.79 Å². The molecular weight excluding hydrogens is 534 g/mol. The minimum atomic E-state index is -0.330. The molecule has 2 aromatic rings. The van der Waals surface area contributed by atoms with Crippen LogP contribution in [-0.2, 0) is 23.7 Å². The first-order chi connectivity index (χ1) is 19.6. The van der Waals surface area contributed by atoms with Crippen LogP contribution >= 0.6 is 11.6 Å². The Kier molecular flexibility index (Phi) is 14.0. The number of esters is 1. The first kappa shape index (κ1) is 31.6. The number of ether oxygens (including phenoxy) is 4. The lowest BCUT2D eigenvalue weighted by atomic mass is 10.1. The number of hydrogen-bond donors (Lipinski definition) is 1. The third-order valence-electron chi connectivity index (χ3n) is 6.24. The van der Waals surface area contributed by atoms with Crippen LogP contribution in [0.4, 0.5) is 17.1 Å². The number of rotatable bonds is 18. The Balaban J connectivity index is 1.64. The van der Waals surface area contributed by atoms with Crippen LogP contribution in [0.1, 0.15) is 30.1 Å². The van der Waals surface area contributed by atoms with Crippen molar-refractivity contribution >= 4 is 40.5 Å². The summed E-state index contributed by atoms with van der Waals surface area (Å²) in [6.45, 7) is 7.02. The van der Waals surface area contributed by atoms with Crippen LogP contribution in [0, 0.1) is 0 Å². The number of carbonyl (C=O) groups excluding carboxylic acids is 2. The number of nitrogens with one attached hydrogen (secondary N) is 1. The number of benzene rings is 2. The van der Waals surface area contributed by atoms with Gasteiger partial charge in [-0.05, 0) is 56.6 Å². The Morgan fingerprint density at radius 3 is 2.40 bits per heavy atom. The van der Waals surface area contributed by atoms with Gasteiger partial charge in [-0.2, -0.15) is 0 Å². The number of hydrogen-bond acceptors (Lipinski definition) is 8. The topological polar surface area (TPSA) is 89.6 Å². The van der Waals surface area contributed by atoms with Crippen LogP contribution in [0.25, 0.3) is 0 Å². The van der Waals surface area contributed by atoms with Crippen LogP contribution in [0.15, 0.2) is 54.6 Å². The highest BCUT2D eigenvalue weighted by Gasteiger charge is 2.30. The van der Waals surface area contributed by atoms with Gasteiger partial charge in [0.25, 0.3) is 5.91 Å². The fourth-order valence-electron chi connectivity index (χ4n) is 4.35. The minimum Gasteiger partial charge on any atom is -0.463 e. The molecule has 0 atom stereocenters. The summed E-state index contributed by atoms with van der Waals surface area (Å²) in [5.41, 5.74) is 3.18. The number of anilines is 3. The molecule has 1 amide bonds. The zero-order valence-corrected chi connectivity index (χ0v) is 24.2. The highest BCUT2D eigenvalue weighted by molar-refractivity contribution is 6.31. The Hall–Kier alpha value is -2.95. The number of fused-ring (bicyclic) bond motifs is 2. The van der Waals surface area contributed by atoms with E-state index in [2.05, 4.69) is 10.2 Å². The van der Waals surface area contributed by atoms with Gasteiger partial charge in [-0.25, -0.2) is 4.79 Å². The molecule has 40 heavy (non-hydrogen) atoms. The van der Waals surface area contributed by atoms with Gasteiger partial charge in [-0.15, -0.1) is 0 Å². The molecule has 0 spiro atoms. The minimum absolute atomic E-state index is 0.0865. The molecule has 0 aliphatic carbocycles. The standard InChI is InChI=1S/C30H40ClN3O6/c1-3-40-29(35)11-8-15-32-14-6-7-16-33-26-9-4-5-10-27(26)34(17-18-38-21-22-39-20-19-37-2)30(36)25-13-12-24(31)23-28(25)33/h4-5,8-13,23,32H,3,6-7,14-22H2,1-2H3/b11-8+. The van der Waals surface area contributed by atoms with Gasteiger partial charge in [0.2, 0.25) is 0 Å². The second kappa shape index (κ2) is 17.7. The maximum atomic E-state index is 13.8. The van der Waals surface area contributed by atoms with Gasteiger partial charge in [-0.1, -0.05) is 29.8 Å². The molecule has 0 aromatic heterocycles. The number of nitrogens with zero attached hydrogens (tertiary/aromatic N) is 2. The van der Waals surface area contributed by atoms with Gasteiger partial charge in [0.15, 0.2) is 0 Å². The molecule has 1 N–H and O–H groups in total. The van der Waals surface area contributed by atoms with Crippen molar-refractivity contribution in [3.8, 4) is 0 Å². The van der Waals surface area contributed by atoms with Gasteiger partial charge < -0.3 is 34.1 Å².